The summed E-state index contributed by atoms with van der Waals surface area (Å²) in [6.07, 6.45) is 0.354. The quantitative estimate of drug-likeness (QED) is 0.792. The summed E-state index contributed by atoms with van der Waals surface area (Å²) in [5, 5.41) is 6.63. The minimum atomic E-state index is -0.250. The predicted molar refractivity (Wildman–Crippen MR) is 87.5 cm³/mol. The Labute approximate surface area is 134 Å². The summed E-state index contributed by atoms with van der Waals surface area (Å²) in [5.41, 5.74) is 2.57. The van der Waals surface area contributed by atoms with Gasteiger partial charge in [-0.25, -0.2) is 4.39 Å². The summed E-state index contributed by atoms with van der Waals surface area (Å²) in [7, 11) is 0. The van der Waals surface area contributed by atoms with Gasteiger partial charge in [0.25, 0.3) is 0 Å². The fraction of sp³-hybridized carbons (Fsp3) is 0.235. The molecule has 0 saturated carbocycles. The monoisotopic (exact) mass is 320 g/mol. The second kappa shape index (κ2) is 7.92. The minimum absolute atomic E-state index is 0.0722. The molecular weight excluding hydrogens is 303 g/mol. The molecule has 2 aromatic carbocycles. The van der Waals surface area contributed by atoms with Gasteiger partial charge in [-0.05, 0) is 42.3 Å². The molecular formula is C17H18ClFN2O. The highest BCUT2D eigenvalue weighted by Gasteiger charge is 2.06. The Hall–Kier alpha value is -1.91. The van der Waals surface area contributed by atoms with Gasteiger partial charge in [-0.2, -0.15) is 0 Å². The molecule has 3 nitrogen and oxygen atoms in total. The van der Waals surface area contributed by atoms with Crippen LogP contribution >= 0.6 is 11.6 Å². The second-order valence-corrected chi connectivity index (χ2v) is 5.42. The summed E-state index contributed by atoms with van der Waals surface area (Å²) in [6, 6.07) is 11.7. The first-order chi connectivity index (χ1) is 10.6. The van der Waals surface area contributed by atoms with Crippen LogP contribution in [0, 0.1) is 12.7 Å². The van der Waals surface area contributed by atoms with Crippen LogP contribution < -0.4 is 10.6 Å². The van der Waals surface area contributed by atoms with Crippen molar-refractivity contribution in [3.63, 3.8) is 0 Å². The number of amides is 1. The van der Waals surface area contributed by atoms with E-state index < -0.39 is 0 Å². The van der Waals surface area contributed by atoms with Gasteiger partial charge in [0.1, 0.15) is 5.82 Å². The Morgan fingerprint density at radius 2 is 1.91 bits per heavy atom. The van der Waals surface area contributed by atoms with Crippen LogP contribution in [0.1, 0.15) is 17.5 Å². The van der Waals surface area contributed by atoms with Crippen LogP contribution in [0.3, 0.4) is 0 Å². The zero-order valence-corrected chi connectivity index (χ0v) is 13.1. The highest BCUT2D eigenvalue weighted by molar-refractivity contribution is 6.31. The van der Waals surface area contributed by atoms with Gasteiger partial charge in [-0.1, -0.05) is 29.8 Å². The normalized spacial score (nSPS) is 10.5. The smallest absolute Gasteiger partial charge is 0.225 e. The van der Waals surface area contributed by atoms with Crippen LogP contribution in [0.2, 0.25) is 5.02 Å². The lowest BCUT2D eigenvalue weighted by Gasteiger charge is -2.10. The predicted octanol–water partition coefficient (Wildman–Crippen LogP) is 3.91. The van der Waals surface area contributed by atoms with Gasteiger partial charge < -0.3 is 10.6 Å². The van der Waals surface area contributed by atoms with Gasteiger partial charge in [-0.15, -0.1) is 0 Å². The minimum Gasteiger partial charge on any atom is -0.326 e. The average Bonchev–Trinajstić information content (AvgIpc) is 2.50. The topological polar surface area (TPSA) is 41.1 Å². The van der Waals surface area contributed by atoms with E-state index >= 15 is 0 Å². The van der Waals surface area contributed by atoms with Gasteiger partial charge in [0.05, 0.1) is 0 Å². The van der Waals surface area contributed by atoms with Crippen LogP contribution in [0.15, 0.2) is 42.5 Å². The Balaban J connectivity index is 1.74. The zero-order chi connectivity index (χ0) is 15.9. The third-order valence-electron chi connectivity index (χ3n) is 3.31. The highest BCUT2D eigenvalue weighted by atomic mass is 35.5. The van der Waals surface area contributed by atoms with Crippen molar-refractivity contribution >= 4 is 23.2 Å². The Morgan fingerprint density at radius 1 is 1.18 bits per heavy atom. The number of benzene rings is 2. The van der Waals surface area contributed by atoms with E-state index in [1.807, 2.05) is 13.0 Å². The van der Waals surface area contributed by atoms with E-state index in [2.05, 4.69) is 10.6 Å². The van der Waals surface area contributed by atoms with E-state index in [1.54, 1.807) is 24.3 Å². The first kappa shape index (κ1) is 16.5. The molecule has 0 aromatic heterocycles. The van der Waals surface area contributed by atoms with Crippen molar-refractivity contribution in [2.75, 3.05) is 11.9 Å². The van der Waals surface area contributed by atoms with Gasteiger partial charge in [0.2, 0.25) is 5.91 Å². The maximum Gasteiger partial charge on any atom is 0.225 e. The highest BCUT2D eigenvalue weighted by Crippen LogP contribution is 2.22. The summed E-state index contributed by atoms with van der Waals surface area (Å²) in [5.74, 6) is -0.322. The third kappa shape index (κ3) is 4.83. The van der Waals surface area contributed by atoms with E-state index in [1.165, 1.54) is 12.1 Å². The molecule has 0 bridgehead atoms. The number of nitrogens with one attached hydrogen (secondary N) is 2. The van der Waals surface area contributed by atoms with Gasteiger partial charge in [0.15, 0.2) is 0 Å². The molecule has 2 N–H and O–H groups in total. The van der Waals surface area contributed by atoms with E-state index in [4.69, 9.17) is 11.6 Å². The molecule has 116 valence electrons. The number of anilines is 1. The van der Waals surface area contributed by atoms with Gasteiger partial charge in [-0.3, -0.25) is 4.79 Å². The Morgan fingerprint density at radius 3 is 2.64 bits per heavy atom. The van der Waals surface area contributed by atoms with Crippen molar-refractivity contribution in [2.24, 2.45) is 0 Å². The van der Waals surface area contributed by atoms with Crippen LogP contribution in [-0.4, -0.2) is 12.5 Å². The number of carbonyl (C=O) groups is 1. The largest absolute Gasteiger partial charge is 0.326 e. The molecule has 1 amide bonds. The summed E-state index contributed by atoms with van der Waals surface area (Å²) in [4.78, 5) is 11.9. The van der Waals surface area contributed by atoms with Crippen molar-refractivity contribution in [3.8, 4) is 0 Å². The molecule has 0 atom stereocenters. The van der Waals surface area contributed by atoms with Crippen LogP contribution in [-0.2, 0) is 11.3 Å². The van der Waals surface area contributed by atoms with Crippen molar-refractivity contribution in [1.82, 2.24) is 5.32 Å². The first-order valence-electron chi connectivity index (χ1n) is 7.06. The summed E-state index contributed by atoms with van der Waals surface area (Å²) < 4.78 is 12.8. The second-order valence-electron chi connectivity index (χ2n) is 5.01. The lowest BCUT2D eigenvalue weighted by molar-refractivity contribution is -0.116. The molecule has 0 fully saturated rings. The summed E-state index contributed by atoms with van der Waals surface area (Å²) in [6.45, 7) is 3.01. The van der Waals surface area contributed by atoms with E-state index in [9.17, 15) is 9.18 Å². The number of carbonyl (C=O) groups excluding carboxylic acids is 1. The van der Waals surface area contributed by atoms with Crippen LogP contribution in [0.25, 0.3) is 0 Å². The number of hydrogen-bond acceptors (Lipinski definition) is 2. The number of halogens is 2. The molecule has 0 heterocycles. The molecule has 0 saturated heterocycles. The zero-order valence-electron chi connectivity index (χ0n) is 12.3. The molecule has 2 aromatic rings. The molecule has 0 unspecified atom stereocenters. The van der Waals surface area contributed by atoms with Crippen molar-refractivity contribution < 1.29 is 9.18 Å². The molecule has 0 spiro atoms. The molecule has 0 radical (unpaired) electrons. The van der Waals surface area contributed by atoms with Crippen molar-refractivity contribution in [3.05, 3.63) is 64.4 Å². The molecule has 2 rings (SSSR count). The molecule has 5 heteroatoms. The Kier molecular flexibility index (Phi) is 5.92. The average molecular weight is 321 g/mol. The third-order valence-corrected chi connectivity index (χ3v) is 3.72. The number of hydrogen-bond donors (Lipinski definition) is 2. The lowest BCUT2D eigenvalue weighted by Crippen LogP contribution is -2.21. The number of rotatable bonds is 6. The molecule has 0 aliphatic rings. The standard InChI is InChI=1S/C17H18ClFN2O/c1-12-15(18)3-2-4-16(12)21-17(22)9-10-20-11-13-5-7-14(19)8-6-13/h2-8,20H,9-11H2,1H3,(H,21,22). The Bertz CT molecular complexity index is 644. The van der Waals surface area contributed by atoms with Gasteiger partial charge >= 0.3 is 0 Å². The SMILES string of the molecule is Cc1c(Cl)cccc1NC(=O)CCNCc1ccc(F)cc1. The van der Waals surface area contributed by atoms with Crippen molar-refractivity contribution in [1.29, 1.82) is 0 Å². The van der Waals surface area contributed by atoms with E-state index in [0.717, 1.165) is 16.8 Å². The van der Waals surface area contributed by atoms with E-state index in [-0.39, 0.29) is 11.7 Å². The van der Waals surface area contributed by atoms with Crippen molar-refractivity contribution in [2.45, 2.75) is 19.9 Å². The fourth-order valence-corrected chi connectivity index (χ4v) is 2.17. The van der Waals surface area contributed by atoms with Crippen LogP contribution in [0.5, 0.6) is 0 Å². The maximum atomic E-state index is 12.8. The van der Waals surface area contributed by atoms with E-state index in [0.29, 0.717) is 24.5 Å². The van der Waals surface area contributed by atoms with Gasteiger partial charge in [0, 0.05) is 30.2 Å². The molecule has 0 aliphatic carbocycles. The van der Waals surface area contributed by atoms with Crippen LogP contribution in [0.4, 0.5) is 10.1 Å². The molecule has 0 aliphatic heterocycles. The molecule has 22 heavy (non-hydrogen) atoms. The summed E-state index contributed by atoms with van der Waals surface area (Å²) >= 11 is 6.01. The first-order valence-corrected chi connectivity index (χ1v) is 7.44. The maximum absolute atomic E-state index is 12.8. The lowest BCUT2D eigenvalue weighted by atomic mass is 10.2. The fourth-order valence-electron chi connectivity index (χ4n) is 1.99.